The third kappa shape index (κ3) is 5.11. The van der Waals surface area contributed by atoms with Crippen LogP contribution in [0.2, 0.25) is 0 Å². The SMILES string of the molecule is C#CCOc1cc(CN=C(N)NCCC)ccc1OC. The minimum atomic E-state index is 0.198. The summed E-state index contributed by atoms with van der Waals surface area (Å²) in [7, 11) is 1.59. The number of guanidine groups is 1. The van der Waals surface area contributed by atoms with E-state index in [1.807, 2.05) is 18.2 Å². The van der Waals surface area contributed by atoms with Gasteiger partial charge in [-0.25, -0.2) is 4.99 Å². The summed E-state index contributed by atoms with van der Waals surface area (Å²) in [5.41, 5.74) is 6.71. The monoisotopic (exact) mass is 275 g/mol. The molecule has 1 aromatic carbocycles. The standard InChI is InChI=1S/C15H21N3O2/c1-4-8-17-15(16)18-11-12-6-7-13(19-3)14(10-12)20-9-5-2/h2,6-7,10H,4,8-9,11H2,1,3H3,(H3,16,17,18). The molecule has 0 bridgehead atoms. The maximum absolute atomic E-state index is 5.74. The highest BCUT2D eigenvalue weighted by atomic mass is 16.5. The van der Waals surface area contributed by atoms with E-state index in [2.05, 4.69) is 23.2 Å². The molecule has 0 radical (unpaired) electrons. The first-order chi connectivity index (χ1) is 9.71. The molecule has 0 atom stereocenters. The summed E-state index contributed by atoms with van der Waals surface area (Å²) in [5.74, 6) is 4.12. The summed E-state index contributed by atoms with van der Waals surface area (Å²) in [6.07, 6.45) is 6.19. The number of ether oxygens (including phenoxy) is 2. The zero-order valence-electron chi connectivity index (χ0n) is 12.0. The van der Waals surface area contributed by atoms with Gasteiger partial charge in [0.25, 0.3) is 0 Å². The number of methoxy groups -OCH3 is 1. The Bertz CT molecular complexity index is 492. The molecular weight excluding hydrogens is 254 g/mol. The lowest BCUT2D eigenvalue weighted by molar-refractivity contribution is 0.330. The van der Waals surface area contributed by atoms with E-state index in [-0.39, 0.29) is 6.61 Å². The zero-order chi connectivity index (χ0) is 14.8. The van der Waals surface area contributed by atoms with Crippen molar-refractivity contribution in [2.24, 2.45) is 10.7 Å². The molecule has 5 nitrogen and oxygen atoms in total. The molecular formula is C15H21N3O2. The second-order valence-electron chi connectivity index (χ2n) is 4.11. The molecule has 0 aliphatic rings. The van der Waals surface area contributed by atoms with Crippen molar-refractivity contribution < 1.29 is 9.47 Å². The van der Waals surface area contributed by atoms with Crippen LogP contribution in [0.25, 0.3) is 0 Å². The number of nitrogens with one attached hydrogen (secondary N) is 1. The molecule has 1 aromatic rings. The largest absolute Gasteiger partial charge is 0.493 e. The van der Waals surface area contributed by atoms with Crippen LogP contribution in [0.15, 0.2) is 23.2 Å². The lowest BCUT2D eigenvalue weighted by atomic mass is 10.2. The average molecular weight is 275 g/mol. The van der Waals surface area contributed by atoms with Gasteiger partial charge in [-0.05, 0) is 24.1 Å². The highest BCUT2D eigenvalue weighted by Crippen LogP contribution is 2.28. The maximum Gasteiger partial charge on any atom is 0.188 e. The lowest BCUT2D eigenvalue weighted by Gasteiger charge is -2.10. The summed E-state index contributed by atoms with van der Waals surface area (Å²) >= 11 is 0. The van der Waals surface area contributed by atoms with Crippen LogP contribution >= 0.6 is 0 Å². The van der Waals surface area contributed by atoms with Crippen LogP contribution in [0.1, 0.15) is 18.9 Å². The molecule has 0 aromatic heterocycles. The first kappa shape index (κ1) is 15.7. The predicted octanol–water partition coefficient (Wildman–Crippen LogP) is 1.52. The quantitative estimate of drug-likeness (QED) is 0.450. The molecule has 20 heavy (non-hydrogen) atoms. The molecule has 0 fully saturated rings. The number of aliphatic imine (C=N–C) groups is 1. The molecule has 0 aliphatic heterocycles. The predicted molar refractivity (Wildman–Crippen MR) is 80.9 cm³/mol. The second kappa shape index (κ2) is 8.70. The van der Waals surface area contributed by atoms with Crippen LogP contribution in [-0.4, -0.2) is 26.2 Å². The average Bonchev–Trinajstić information content (AvgIpc) is 2.48. The van der Waals surface area contributed by atoms with Gasteiger partial charge in [-0.1, -0.05) is 18.9 Å². The van der Waals surface area contributed by atoms with Gasteiger partial charge in [0.05, 0.1) is 13.7 Å². The minimum Gasteiger partial charge on any atom is -0.493 e. The number of hydrogen-bond donors (Lipinski definition) is 2. The fourth-order valence-corrected chi connectivity index (χ4v) is 1.54. The molecule has 0 heterocycles. The van der Waals surface area contributed by atoms with Gasteiger partial charge in [0.15, 0.2) is 17.5 Å². The van der Waals surface area contributed by atoms with Crippen molar-refractivity contribution in [2.45, 2.75) is 19.9 Å². The van der Waals surface area contributed by atoms with E-state index in [9.17, 15) is 0 Å². The Balaban J connectivity index is 2.73. The van der Waals surface area contributed by atoms with Gasteiger partial charge in [-0.15, -0.1) is 6.42 Å². The summed E-state index contributed by atoms with van der Waals surface area (Å²) < 4.78 is 10.6. The van der Waals surface area contributed by atoms with Crippen molar-refractivity contribution in [3.63, 3.8) is 0 Å². The van der Waals surface area contributed by atoms with E-state index in [1.54, 1.807) is 7.11 Å². The third-order valence-electron chi connectivity index (χ3n) is 2.53. The Labute approximate surface area is 120 Å². The first-order valence-corrected chi connectivity index (χ1v) is 6.48. The second-order valence-corrected chi connectivity index (χ2v) is 4.11. The van der Waals surface area contributed by atoms with Gasteiger partial charge in [0.1, 0.15) is 6.61 Å². The van der Waals surface area contributed by atoms with Crippen LogP contribution < -0.4 is 20.5 Å². The van der Waals surface area contributed by atoms with Crippen LogP contribution in [0.4, 0.5) is 0 Å². The van der Waals surface area contributed by atoms with Crippen LogP contribution in [0.3, 0.4) is 0 Å². The number of hydrogen-bond acceptors (Lipinski definition) is 3. The van der Waals surface area contributed by atoms with Crippen LogP contribution in [0, 0.1) is 12.3 Å². The van der Waals surface area contributed by atoms with E-state index in [4.69, 9.17) is 21.6 Å². The molecule has 0 saturated carbocycles. The van der Waals surface area contributed by atoms with Crippen molar-refractivity contribution in [1.29, 1.82) is 0 Å². The summed E-state index contributed by atoms with van der Waals surface area (Å²) in [6, 6.07) is 5.59. The minimum absolute atomic E-state index is 0.198. The molecule has 5 heteroatoms. The summed E-state index contributed by atoms with van der Waals surface area (Å²) in [6.45, 7) is 3.55. The topological polar surface area (TPSA) is 68.9 Å². The van der Waals surface area contributed by atoms with Gasteiger partial charge in [0.2, 0.25) is 0 Å². The molecule has 3 N–H and O–H groups in total. The summed E-state index contributed by atoms with van der Waals surface area (Å²) in [4.78, 5) is 4.26. The van der Waals surface area contributed by atoms with Gasteiger partial charge >= 0.3 is 0 Å². The van der Waals surface area contributed by atoms with Crippen molar-refractivity contribution >= 4 is 5.96 Å². The Hall–Kier alpha value is -2.35. The van der Waals surface area contributed by atoms with E-state index in [1.165, 1.54) is 0 Å². The zero-order valence-corrected chi connectivity index (χ0v) is 12.0. The van der Waals surface area contributed by atoms with Gasteiger partial charge < -0.3 is 20.5 Å². The number of rotatable bonds is 7. The number of nitrogens with zero attached hydrogens (tertiary/aromatic N) is 1. The summed E-state index contributed by atoms with van der Waals surface area (Å²) in [5, 5.41) is 3.02. The Morgan fingerprint density at radius 1 is 1.45 bits per heavy atom. The van der Waals surface area contributed by atoms with E-state index >= 15 is 0 Å². The van der Waals surface area contributed by atoms with Crippen LogP contribution in [0.5, 0.6) is 11.5 Å². The van der Waals surface area contributed by atoms with Crippen molar-refractivity contribution in [3.8, 4) is 23.8 Å². The Morgan fingerprint density at radius 2 is 2.25 bits per heavy atom. The molecule has 0 amide bonds. The number of terminal acetylenes is 1. The van der Waals surface area contributed by atoms with Crippen molar-refractivity contribution in [3.05, 3.63) is 23.8 Å². The highest BCUT2D eigenvalue weighted by Gasteiger charge is 2.05. The van der Waals surface area contributed by atoms with Crippen molar-refractivity contribution in [1.82, 2.24) is 5.32 Å². The van der Waals surface area contributed by atoms with Gasteiger partial charge in [-0.2, -0.15) is 0 Å². The smallest absolute Gasteiger partial charge is 0.188 e. The normalized spacial score (nSPS) is 10.8. The van der Waals surface area contributed by atoms with Gasteiger partial charge in [-0.3, -0.25) is 0 Å². The number of benzene rings is 1. The van der Waals surface area contributed by atoms with E-state index < -0.39 is 0 Å². The Morgan fingerprint density at radius 3 is 2.90 bits per heavy atom. The fraction of sp³-hybridized carbons (Fsp3) is 0.400. The highest BCUT2D eigenvalue weighted by molar-refractivity contribution is 5.77. The number of nitrogens with two attached hydrogens (primary N) is 1. The first-order valence-electron chi connectivity index (χ1n) is 6.48. The van der Waals surface area contributed by atoms with Crippen LogP contribution in [-0.2, 0) is 6.54 Å². The van der Waals surface area contributed by atoms with Gasteiger partial charge in [0, 0.05) is 6.54 Å². The third-order valence-corrected chi connectivity index (χ3v) is 2.53. The molecule has 0 spiro atoms. The van der Waals surface area contributed by atoms with E-state index in [0.717, 1.165) is 18.5 Å². The molecule has 0 unspecified atom stereocenters. The van der Waals surface area contributed by atoms with Crippen molar-refractivity contribution in [2.75, 3.05) is 20.3 Å². The Kier molecular flexibility index (Phi) is 6.83. The molecule has 1 rings (SSSR count). The lowest BCUT2D eigenvalue weighted by Crippen LogP contribution is -2.32. The molecule has 0 saturated heterocycles. The molecule has 0 aliphatic carbocycles. The maximum atomic E-state index is 5.74. The fourth-order valence-electron chi connectivity index (χ4n) is 1.54. The molecule has 108 valence electrons. The van der Waals surface area contributed by atoms with E-state index in [0.29, 0.717) is 24.0 Å².